The molecule has 0 spiro atoms. The van der Waals surface area contributed by atoms with Crippen molar-refractivity contribution in [3.05, 3.63) is 118 Å². The summed E-state index contributed by atoms with van der Waals surface area (Å²) in [6.45, 7) is 6.62. The Kier molecular flexibility index (Phi) is 5.57. The van der Waals surface area contributed by atoms with Gasteiger partial charge in [0.25, 0.3) is 0 Å². The molecule has 3 aromatic carbocycles. The molecule has 0 radical (unpaired) electrons. The van der Waals surface area contributed by atoms with Crippen LogP contribution in [0.1, 0.15) is 47.1 Å². The molecule has 160 valence electrons. The first-order valence-corrected chi connectivity index (χ1v) is 11.7. The second-order valence-corrected chi connectivity index (χ2v) is 9.06. The van der Waals surface area contributed by atoms with Gasteiger partial charge in [-0.1, -0.05) is 72.3 Å². The first kappa shape index (κ1) is 20.6. The van der Waals surface area contributed by atoms with E-state index in [4.69, 9.17) is 0 Å². The molecule has 0 amide bonds. The van der Waals surface area contributed by atoms with Gasteiger partial charge in [0.1, 0.15) is 0 Å². The Labute approximate surface area is 192 Å². The average Bonchev–Trinajstić information content (AvgIpc) is 2.81. The summed E-state index contributed by atoms with van der Waals surface area (Å²) in [5, 5.41) is 0. The second kappa shape index (κ2) is 8.67. The van der Waals surface area contributed by atoms with Crippen molar-refractivity contribution in [3.63, 3.8) is 0 Å². The predicted molar refractivity (Wildman–Crippen MR) is 138 cm³/mol. The maximum absolute atomic E-state index is 2.50. The molecule has 0 saturated heterocycles. The van der Waals surface area contributed by atoms with E-state index in [1.54, 1.807) is 0 Å². The zero-order valence-corrected chi connectivity index (χ0v) is 19.4. The van der Waals surface area contributed by atoms with Gasteiger partial charge in [0, 0.05) is 22.6 Å². The molecule has 0 aliphatic heterocycles. The van der Waals surface area contributed by atoms with E-state index in [-0.39, 0.29) is 0 Å². The lowest BCUT2D eigenvalue weighted by Crippen LogP contribution is -2.24. The maximum Gasteiger partial charge on any atom is 0.0493 e. The number of aryl methyl sites for hydroxylation is 4. The minimum Gasteiger partial charge on any atom is -0.314 e. The van der Waals surface area contributed by atoms with Crippen molar-refractivity contribution in [3.8, 4) is 11.1 Å². The number of hydrogen-bond donors (Lipinski definition) is 0. The van der Waals surface area contributed by atoms with E-state index < -0.39 is 0 Å². The van der Waals surface area contributed by atoms with Gasteiger partial charge >= 0.3 is 0 Å². The van der Waals surface area contributed by atoms with Gasteiger partial charge in [-0.15, -0.1) is 0 Å². The predicted octanol–water partition coefficient (Wildman–Crippen LogP) is 8.31. The lowest BCUT2D eigenvalue weighted by atomic mass is 9.92. The van der Waals surface area contributed by atoms with Crippen molar-refractivity contribution in [1.82, 2.24) is 0 Å². The average molecular weight is 418 g/mol. The van der Waals surface area contributed by atoms with Gasteiger partial charge in [0.05, 0.1) is 0 Å². The third kappa shape index (κ3) is 3.84. The van der Waals surface area contributed by atoms with Crippen LogP contribution < -0.4 is 4.90 Å². The van der Waals surface area contributed by atoms with Crippen LogP contribution in [0.2, 0.25) is 0 Å². The Hall–Kier alpha value is -3.32. The van der Waals surface area contributed by atoms with E-state index in [1.807, 2.05) is 0 Å². The van der Waals surface area contributed by atoms with Crippen molar-refractivity contribution in [2.45, 2.75) is 46.5 Å². The summed E-state index contributed by atoms with van der Waals surface area (Å²) in [5.74, 6) is 0. The molecule has 0 aromatic heterocycles. The molecular formula is C31H31N. The molecule has 1 nitrogen and oxygen atoms in total. The summed E-state index contributed by atoms with van der Waals surface area (Å²) in [6.07, 6.45) is 13.6. The summed E-state index contributed by atoms with van der Waals surface area (Å²) in [5.41, 5.74) is 13.4. The van der Waals surface area contributed by atoms with Gasteiger partial charge in [-0.25, -0.2) is 0 Å². The Morgan fingerprint density at radius 2 is 1.50 bits per heavy atom. The number of allylic oxidation sites excluding steroid dienone is 5. The van der Waals surface area contributed by atoms with Crippen LogP contribution in [0.25, 0.3) is 16.8 Å². The molecule has 0 atom stereocenters. The highest BCUT2D eigenvalue weighted by Crippen LogP contribution is 2.39. The summed E-state index contributed by atoms with van der Waals surface area (Å²) >= 11 is 0. The van der Waals surface area contributed by atoms with E-state index in [1.165, 1.54) is 56.0 Å². The van der Waals surface area contributed by atoms with Crippen LogP contribution in [0.4, 0.5) is 5.69 Å². The molecule has 0 fully saturated rings. The molecule has 2 aliphatic carbocycles. The lowest BCUT2D eigenvalue weighted by Gasteiger charge is -2.34. The zero-order valence-electron chi connectivity index (χ0n) is 19.4. The van der Waals surface area contributed by atoms with Crippen molar-refractivity contribution in [1.29, 1.82) is 0 Å². The van der Waals surface area contributed by atoms with Crippen LogP contribution in [-0.4, -0.2) is 0 Å². The fourth-order valence-electron chi connectivity index (χ4n) is 5.12. The van der Waals surface area contributed by atoms with Crippen LogP contribution in [0, 0.1) is 20.8 Å². The smallest absolute Gasteiger partial charge is 0.0493 e. The van der Waals surface area contributed by atoms with E-state index >= 15 is 0 Å². The topological polar surface area (TPSA) is 3.24 Å². The Bertz CT molecular complexity index is 1260. The summed E-state index contributed by atoms with van der Waals surface area (Å²) in [7, 11) is 0. The number of anilines is 1. The third-order valence-corrected chi connectivity index (χ3v) is 6.70. The van der Waals surface area contributed by atoms with Gasteiger partial charge in [0.15, 0.2) is 0 Å². The fraction of sp³-hybridized carbons (Fsp3) is 0.226. The van der Waals surface area contributed by atoms with E-state index in [2.05, 4.69) is 111 Å². The number of hydrogen-bond acceptors (Lipinski definition) is 1. The highest BCUT2D eigenvalue weighted by atomic mass is 15.2. The summed E-state index contributed by atoms with van der Waals surface area (Å²) in [4.78, 5) is 2.50. The monoisotopic (exact) mass is 417 g/mol. The van der Waals surface area contributed by atoms with Gasteiger partial charge < -0.3 is 4.90 Å². The molecule has 1 heteroatoms. The van der Waals surface area contributed by atoms with Gasteiger partial charge in [-0.2, -0.15) is 0 Å². The van der Waals surface area contributed by atoms with Crippen LogP contribution in [0.5, 0.6) is 0 Å². The van der Waals surface area contributed by atoms with Crippen LogP contribution >= 0.6 is 0 Å². The molecule has 0 N–H and O–H groups in total. The number of nitrogens with zero attached hydrogens (tertiary/aromatic N) is 1. The van der Waals surface area contributed by atoms with Gasteiger partial charge in [0.2, 0.25) is 0 Å². The number of benzene rings is 3. The SMILES string of the molecule is Cc1ccc(-c2ccc(N(C3=CC=CCC3)C3=CCCc4ccccc43)cc2C)c(C)c1. The van der Waals surface area contributed by atoms with Gasteiger partial charge in [-0.3, -0.25) is 0 Å². The molecule has 32 heavy (non-hydrogen) atoms. The molecule has 0 saturated carbocycles. The normalized spacial score (nSPS) is 15.1. The first-order valence-electron chi connectivity index (χ1n) is 11.7. The molecular weight excluding hydrogens is 386 g/mol. The molecule has 5 rings (SSSR count). The Morgan fingerprint density at radius 3 is 2.25 bits per heavy atom. The molecule has 3 aromatic rings. The van der Waals surface area contributed by atoms with Crippen LogP contribution in [-0.2, 0) is 6.42 Å². The summed E-state index contributed by atoms with van der Waals surface area (Å²) < 4.78 is 0. The van der Waals surface area contributed by atoms with Crippen LogP contribution in [0.3, 0.4) is 0 Å². The molecule has 2 aliphatic rings. The van der Waals surface area contributed by atoms with Gasteiger partial charge in [-0.05, 0) is 92.5 Å². The van der Waals surface area contributed by atoms with Crippen LogP contribution in [0.15, 0.2) is 90.7 Å². The zero-order chi connectivity index (χ0) is 22.1. The minimum absolute atomic E-state index is 1.06. The molecule has 0 bridgehead atoms. The maximum atomic E-state index is 2.50. The first-order chi connectivity index (χ1) is 15.6. The van der Waals surface area contributed by atoms with Crippen molar-refractivity contribution in [2.24, 2.45) is 0 Å². The molecule has 0 unspecified atom stereocenters. The summed E-state index contributed by atoms with van der Waals surface area (Å²) in [6, 6.07) is 22.6. The number of fused-ring (bicyclic) bond motifs is 1. The highest BCUT2D eigenvalue weighted by molar-refractivity contribution is 5.86. The van der Waals surface area contributed by atoms with Crippen molar-refractivity contribution in [2.75, 3.05) is 4.90 Å². The van der Waals surface area contributed by atoms with E-state index in [0.29, 0.717) is 0 Å². The van der Waals surface area contributed by atoms with Crippen molar-refractivity contribution < 1.29 is 0 Å². The third-order valence-electron chi connectivity index (χ3n) is 6.70. The lowest BCUT2D eigenvalue weighted by molar-refractivity contribution is 0.903. The fourth-order valence-corrected chi connectivity index (χ4v) is 5.12. The standard InChI is InChI=1S/C31H31N/c1-22-16-18-28(23(2)20-22)29-19-17-27(21-24(29)3)32(26-12-5-4-6-13-26)31-15-9-11-25-10-7-8-14-30(25)31/h4-5,7-8,10,12,14-21H,6,9,11,13H2,1-3H3. The van der Waals surface area contributed by atoms with Crippen molar-refractivity contribution >= 4 is 11.4 Å². The Morgan fingerprint density at radius 1 is 0.719 bits per heavy atom. The molecule has 0 heterocycles. The van der Waals surface area contributed by atoms with E-state index in [0.717, 1.165) is 25.7 Å². The van der Waals surface area contributed by atoms with E-state index in [9.17, 15) is 0 Å². The Balaban J connectivity index is 1.62. The number of rotatable bonds is 4. The largest absolute Gasteiger partial charge is 0.314 e. The quantitative estimate of drug-likeness (QED) is 0.412. The minimum atomic E-state index is 1.06. The second-order valence-electron chi connectivity index (χ2n) is 9.06. The highest BCUT2D eigenvalue weighted by Gasteiger charge is 2.23.